The standard InChI is InChI=1S/C51H38N2/c1-31-24-44(50-28-49-47(30-53-50)46-29-52-22-21-48(46)51(49,3)4)32(2)23-43(31)37-14-10-13-35(26-37)33-11-9-12-34(25-33)36-19-20-42-40-17-6-5-15-38(40)39-16-7-8-18-41(39)45(42)27-36/h5-30H,1-4H3. The van der Waals surface area contributed by atoms with Gasteiger partial charge in [-0.3, -0.25) is 9.97 Å². The van der Waals surface area contributed by atoms with Gasteiger partial charge in [0.2, 0.25) is 0 Å². The molecule has 0 spiro atoms. The third-order valence-corrected chi connectivity index (χ3v) is 11.7. The maximum Gasteiger partial charge on any atom is 0.0708 e. The predicted molar refractivity (Wildman–Crippen MR) is 223 cm³/mol. The van der Waals surface area contributed by atoms with Gasteiger partial charge in [0.1, 0.15) is 0 Å². The van der Waals surface area contributed by atoms with Crippen LogP contribution < -0.4 is 0 Å². The van der Waals surface area contributed by atoms with Crippen LogP contribution in [0.2, 0.25) is 0 Å². The van der Waals surface area contributed by atoms with Crippen LogP contribution in [0.15, 0.2) is 158 Å². The zero-order chi connectivity index (χ0) is 35.8. The van der Waals surface area contributed by atoms with Crippen molar-refractivity contribution in [3.63, 3.8) is 0 Å². The van der Waals surface area contributed by atoms with E-state index in [0.717, 1.165) is 5.69 Å². The van der Waals surface area contributed by atoms with E-state index in [-0.39, 0.29) is 5.41 Å². The molecule has 0 radical (unpaired) electrons. The van der Waals surface area contributed by atoms with Gasteiger partial charge in [-0.05, 0) is 138 Å². The zero-order valence-electron chi connectivity index (χ0n) is 30.4. The Bertz CT molecular complexity index is 2910. The molecule has 2 heteroatoms. The molecule has 2 nitrogen and oxygen atoms in total. The number of aryl methyl sites for hydroxylation is 2. The fraction of sp³-hybridized carbons (Fsp3) is 0.0980. The molecule has 0 amide bonds. The summed E-state index contributed by atoms with van der Waals surface area (Å²) in [5, 5.41) is 7.78. The van der Waals surface area contributed by atoms with Crippen LogP contribution in [0.25, 0.3) is 88.1 Å². The minimum Gasteiger partial charge on any atom is -0.264 e. The first-order valence-electron chi connectivity index (χ1n) is 18.5. The van der Waals surface area contributed by atoms with Gasteiger partial charge in [0, 0.05) is 40.7 Å². The van der Waals surface area contributed by atoms with Gasteiger partial charge in [-0.2, -0.15) is 0 Å². The lowest BCUT2D eigenvalue weighted by molar-refractivity contribution is 0.659. The van der Waals surface area contributed by atoms with Crippen LogP contribution >= 0.6 is 0 Å². The average Bonchev–Trinajstić information content (AvgIpc) is 3.44. The number of rotatable bonds is 4. The molecule has 7 aromatic carbocycles. The molecule has 0 atom stereocenters. The second kappa shape index (κ2) is 11.8. The largest absolute Gasteiger partial charge is 0.264 e. The van der Waals surface area contributed by atoms with E-state index >= 15 is 0 Å². The Labute approximate surface area is 310 Å². The highest BCUT2D eigenvalue weighted by Gasteiger charge is 2.36. The Kier molecular flexibility index (Phi) is 7.00. The number of hydrogen-bond acceptors (Lipinski definition) is 2. The molecular weight excluding hydrogens is 641 g/mol. The molecule has 2 aromatic heterocycles. The van der Waals surface area contributed by atoms with Crippen LogP contribution in [0.5, 0.6) is 0 Å². The summed E-state index contributed by atoms with van der Waals surface area (Å²) in [5.74, 6) is 0. The highest BCUT2D eigenvalue weighted by atomic mass is 14.7. The molecule has 0 saturated heterocycles. The number of hydrogen-bond donors (Lipinski definition) is 0. The van der Waals surface area contributed by atoms with Crippen molar-refractivity contribution in [2.24, 2.45) is 0 Å². The first-order valence-corrected chi connectivity index (χ1v) is 18.5. The van der Waals surface area contributed by atoms with E-state index in [9.17, 15) is 0 Å². The van der Waals surface area contributed by atoms with Crippen molar-refractivity contribution >= 4 is 32.3 Å². The third-order valence-electron chi connectivity index (χ3n) is 11.7. The van der Waals surface area contributed by atoms with Crippen LogP contribution in [0.4, 0.5) is 0 Å². The average molecular weight is 679 g/mol. The van der Waals surface area contributed by atoms with E-state index in [4.69, 9.17) is 4.98 Å². The molecule has 53 heavy (non-hydrogen) atoms. The van der Waals surface area contributed by atoms with E-state index in [1.807, 2.05) is 18.6 Å². The van der Waals surface area contributed by atoms with E-state index in [1.165, 1.54) is 105 Å². The molecule has 252 valence electrons. The maximum absolute atomic E-state index is 4.99. The molecule has 1 aliphatic carbocycles. The highest BCUT2D eigenvalue weighted by molar-refractivity contribution is 6.25. The summed E-state index contributed by atoms with van der Waals surface area (Å²) in [6.45, 7) is 9.03. The smallest absolute Gasteiger partial charge is 0.0708 e. The molecule has 0 aliphatic heterocycles. The Hall–Kier alpha value is -6.38. The molecule has 0 saturated carbocycles. The van der Waals surface area contributed by atoms with Crippen molar-refractivity contribution < 1.29 is 0 Å². The summed E-state index contributed by atoms with van der Waals surface area (Å²) in [7, 11) is 0. The van der Waals surface area contributed by atoms with Gasteiger partial charge in [0.15, 0.2) is 0 Å². The quantitative estimate of drug-likeness (QED) is 0.173. The summed E-state index contributed by atoms with van der Waals surface area (Å²) in [6.07, 6.45) is 5.92. The molecule has 0 unspecified atom stereocenters. The molecule has 2 heterocycles. The summed E-state index contributed by atoms with van der Waals surface area (Å²) in [6, 6.07) is 51.6. The zero-order valence-corrected chi connectivity index (χ0v) is 30.4. The van der Waals surface area contributed by atoms with Crippen LogP contribution in [0.3, 0.4) is 0 Å². The van der Waals surface area contributed by atoms with Crippen LogP contribution in [-0.4, -0.2) is 9.97 Å². The number of pyridine rings is 2. The Morgan fingerprint density at radius 2 is 0.925 bits per heavy atom. The molecule has 9 aromatic rings. The van der Waals surface area contributed by atoms with E-state index < -0.39 is 0 Å². The van der Waals surface area contributed by atoms with Gasteiger partial charge in [-0.15, -0.1) is 0 Å². The summed E-state index contributed by atoms with van der Waals surface area (Å²) in [4.78, 5) is 9.40. The summed E-state index contributed by atoms with van der Waals surface area (Å²) in [5.41, 5.74) is 16.9. The van der Waals surface area contributed by atoms with Gasteiger partial charge in [-0.25, -0.2) is 0 Å². The normalized spacial score (nSPS) is 13.1. The van der Waals surface area contributed by atoms with Crippen molar-refractivity contribution in [3.8, 4) is 55.8 Å². The molecule has 1 aliphatic rings. The lowest BCUT2D eigenvalue weighted by Gasteiger charge is -2.22. The van der Waals surface area contributed by atoms with E-state index in [0.29, 0.717) is 0 Å². The lowest BCUT2D eigenvalue weighted by Crippen LogP contribution is -2.15. The minimum absolute atomic E-state index is 0.0938. The van der Waals surface area contributed by atoms with Crippen molar-refractivity contribution in [1.29, 1.82) is 0 Å². The SMILES string of the molecule is Cc1cc(-c2cc3c(cn2)-c2cnccc2C3(C)C)c(C)cc1-c1cccc(-c2cccc(-c3ccc4c5ccccc5c5ccccc5c4c3)c2)c1. The second-order valence-corrected chi connectivity index (χ2v) is 15.2. The van der Waals surface area contributed by atoms with Crippen molar-refractivity contribution in [1.82, 2.24) is 9.97 Å². The van der Waals surface area contributed by atoms with Gasteiger partial charge >= 0.3 is 0 Å². The molecule has 0 bridgehead atoms. The van der Waals surface area contributed by atoms with Crippen LogP contribution in [0.1, 0.15) is 36.1 Å². The number of fused-ring (bicyclic) bond motifs is 9. The topological polar surface area (TPSA) is 25.8 Å². The van der Waals surface area contributed by atoms with Gasteiger partial charge in [0.25, 0.3) is 0 Å². The maximum atomic E-state index is 4.99. The lowest BCUT2D eigenvalue weighted by atomic mass is 9.82. The Morgan fingerprint density at radius 1 is 0.396 bits per heavy atom. The number of aromatic nitrogens is 2. The molecule has 0 fully saturated rings. The first kappa shape index (κ1) is 31.4. The molecule has 10 rings (SSSR count). The monoisotopic (exact) mass is 678 g/mol. The van der Waals surface area contributed by atoms with Crippen LogP contribution in [0, 0.1) is 13.8 Å². The van der Waals surface area contributed by atoms with Gasteiger partial charge in [0.05, 0.1) is 5.69 Å². The Balaban J connectivity index is 1.00. The molecule has 0 N–H and O–H groups in total. The third kappa shape index (κ3) is 4.94. The van der Waals surface area contributed by atoms with Crippen molar-refractivity contribution in [2.45, 2.75) is 33.1 Å². The van der Waals surface area contributed by atoms with Gasteiger partial charge in [-0.1, -0.05) is 117 Å². The first-order chi connectivity index (χ1) is 25.8. The van der Waals surface area contributed by atoms with Gasteiger partial charge < -0.3 is 0 Å². The summed E-state index contributed by atoms with van der Waals surface area (Å²) < 4.78 is 0. The van der Waals surface area contributed by atoms with Crippen molar-refractivity contribution in [2.75, 3.05) is 0 Å². The fourth-order valence-electron chi connectivity index (χ4n) is 8.87. The number of nitrogens with zero attached hydrogens (tertiary/aromatic N) is 2. The van der Waals surface area contributed by atoms with E-state index in [2.05, 4.69) is 172 Å². The fourth-order valence-corrected chi connectivity index (χ4v) is 8.87. The van der Waals surface area contributed by atoms with Crippen LogP contribution in [-0.2, 0) is 5.41 Å². The highest BCUT2D eigenvalue weighted by Crippen LogP contribution is 2.49. The summed E-state index contributed by atoms with van der Waals surface area (Å²) >= 11 is 0. The van der Waals surface area contributed by atoms with Crippen molar-refractivity contribution in [3.05, 3.63) is 180 Å². The predicted octanol–water partition coefficient (Wildman–Crippen LogP) is 13.5. The number of benzene rings is 7. The van der Waals surface area contributed by atoms with E-state index in [1.54, 1.807) is 0 Å². The molecular formula is C51H38N2. The minimum atomic E-state index is -0.0938. The Morgan fingerprint density at radius 3 is 1.60 bits per heavy atom. The second-order valence-electron chi connectivity index (χ2n) is 15.2.